The molecular formula is C24H27ClN6O3S. The molecule has 2 aromatic carbocycles. The van der Waals surface area contributed by atoms with Gasteiger partial charge >= 0.3 is 5.97 Å². The molecule has 0 radical (unpaired) electrons. The number of carbonyl (C=O) groups excluding carboxylic acids is 2. The highest BCUT2D eigenvalue weighted by Crippen LogP contribution is 2.28. The molecule has 1 amide bonds. The molecule has 1 unspecified atom stereocenters. The number of esters is 1. The fourth-order valence-electron chi connectivity index (χ4n) is 3.79. The third-order valence-electron chi connectivity index (χ3n) is 5.51. The number of nitrogen functional groups attached to an aromatic ring is 1. The second-order valence-electron chi connectivity index (χ2n) is 7.81. The molecule has 1 aromatic heterocycles. The molecule has 11 heteroatoms. The molecule has 1 aliphatic rings. The molecule has 3 aromatic rings. The van der Waals surface area contributed by atoms with Crippen LogP contribution in [0.15, 0.2) is 48.8 Å². The Labute approximate surface area is 213 Å². The summed E-state index contributed by atoms with van der Waals surface area (Å²) < 4.78 is 5.17. The number of nitrogens with zero attached hydrogens (tertiary/aromatic N) is 3. The fourth-order valence-corrected chi connectivity index (χ4v) is 4.73. The molecule has 0 spiro atoms. The predicted molar refractivity (Wildman–Crippen MR) is 140 cm³/mol. The number of hydrogen-bond donors (Lipinski definition) is 3. The van der Waals surface area contributed by atoms with Crippen molar-refractivity contribution in [2.75, 3.05) is 30.1 Å². The number of anilines is 1. The Morgan fingerprint density at radius 2 is 2.06 bits per heavy atom. The van der Waals surface area contributed by atoms with E-state index in [1.165, 1.54) is 6.33 Å². The summed E-state index contributed by atoms with van der Waals surface area (Å²) in [5.74, 6) is 1.75. The molecule has 1 aliphatic heterocycles. The Hall–Kier alpha value is -3.37. The van der Waals surface area contributed by atoms with Crippen LogP contribution in [-0.2, 0) is 9.53 Å². The Bertz CT molecular complexity index is 1230. The largest absolute Gasteiger partial charge is 0.466 e. The van der Waals surface area contributed by atoms with Crippen LogP contribution in [0.5, 0.6) is 0 Å². The Morgan fingerprint density at radius 1 is 1.23 bits per heavy atom. The number of halogens is 1. The first-order valence-electron chi connectivity index (χ1n) is 10.9. The number of carbonyl (C=O) groups is 2. The fraction of sp³-hybridized carbons (Fsp3) is 0.292. The topological polar surface area (TPSA) is 134 Å². The number of thioether (sulfide) groups is 1. The number of fused-ring (bicyclic) bond motifs is 1. The van der Waals surface area contributed by atoms with Crippen LogP contribution >= 0.6 is 24.2 Å². The third-order valence-corrected chi connectivity index (χ3v) is 6.48. The summed E-state index contributed by atoms with van der Waals surface area (Å²) in [6, 6.07) is 12.1. The molecule has 35 heavy (non-hydrogen) atoms. The maximum atomic E-state index is 12.8. The third kappa shape index (κ3) is 6.20. The van der Waals surface area contributed by atoms with Crippen molar-refractivity contribution in [2.24, 2.45) is 5.73 Å². The van der Waals surface area contributed by atoms with E-state index >= 15 is 0 Å². The van der Waals surface area contributed by atoms with Crippen LogP contribution in [-0.4, -0.2) is 57.4 Å². The number of amides is 1. The van der Waals surface area contributed by atoms with E-state index in [0.717, 1.165) is 23.2 Å². The van der Waals surface area contributed by atoms with Crippen molar-refractivity contribution in [3.63, 3.8) is 0 Å². The van der Waals surface area contributed by atoms with E-state index in [1.54, 1.807) is 49.0 Å². The van der Waals surface area contributed by atoms with Crippen molar-refractivity contribution in [1.29, 1.82) is 5.41 Å². The van der Waals surface area contributed by atoms with E-state index in [1.807, 2.05) is 17.0 Å². The highest BCUT2D eigenvalue weighted by atomic mass is 35.5. The van der Waals surface area contributed by atoms with Crippen molar-refractivity contribution >= 4 is 58.6 Å². The average Bonchev–Trinajstić information content (AvgIpc) is 3.38. The predicted octanol–water partition coefficient (Wildman–Crippen LogP) is 3.59. The number of ether oxygens (including phenoxy) is 1. The standard InChI is InChI=1S/C24H26N6O3S.ClH/c1-2-33-21(31)12-19(15-4-3-5-16(10-15)22(25)26)29-23-18-7-6-17(11-20(18)27-13-28-23)24(32)30-8-9-34-14-30;/h3-7,10-11,13,19H,2,8-9,12,14H2,1H3,(H3,25,26)(H,27,28,29);1H. The summed E-state index contributed by atoms with van der Waals surface area (Å²) in [6.45, 7) is 2.78. The minimum atomic E-state index is -0.473. The molecule has 4 rings (SSSR count). The summed E-state index contributed by atoms with van der Waals surface area (Å²) in [7, 11) is 0. The molecule has 1 saturated heterocycles. The molecule has 0 saturated carbocycles. The van der Waals surface area contributed by atoms with Crippen molar-refractivity contribution in [3.8, 4) is 0 Å². The minimum Gasteiger partial charge on any atom is -0.466 e. The van der Waals surface area contributed by atoms with Gasteiger partial charge in [-0.15, -0.1) is 24.2 Å². The molecular weight excluding hydrogens is 488 g/mol. The molecule has 0 bridgehead atoms. The van der Waals surface area contributed by atoms with Gasteiger partial charge in [0.25, 0.3) is 5.91 Å². The van der Waals surface area contributed by atoms with Gasteiger partial charge in [-0.25, -0.2) is 9.97 Å². The van der Waals surface area contributed by atoms with E-state index < -0.39 is 6.04 Å². The lowest BCUT2D eigenvalue weighted by atomic mass is 10.0. The van der Waals surface area contributed by atoms with Crippen LogP contribution in [0.3, 0.4) is 0 Å². The van der Waals surface area contributed by atoms with Gasteiger partial charge in [0.1, 0.15) is 18.0 Å². The summed E-state index contributed by atoms with van der Waals surface area (Å²) in [5, 5.41) is 11.8. The number of amidine groups is 1. The summed E-state index contributed by atoms with van der Waals surface area (Å²) in [6.07, 6.45) is 1.49. The van der Waals surface area contributed by atoms with E-state index in [4.69, 9.17) is 15.9 Å². The normalized spacial score (nSPS) is 13.7. The number of nitrogens with one attached hydrogen (secondary N) is 2. The van der Waals surface area contributed by atoms with Gasteiger partial charge in [0, 0.05) is 28.8 Å². The van der Waals surface area contributed by atoms with E-state index in [0.29, 0.717) is 28.3 Å². The summed E-state index contributed by atoms with van der Waals surface area (Å²) in [4.78, 5) is 35.7. The van der Waals surface area contributed by atoms with Crippen molar-refractivity contribution < 1.29 is 14.3 Å². The van der Waals surface area contributed by atoms with Crippen LogP contribution in [0.25, 0.3) is 10.9 Å². The zero-order valence-corrected chi connectivity index (χ0v) is 20.8. The highest BCUT2D eigenvalue weighted by molar-refractivity contribution is 7.99. The number of benzene rings is 2. The summed E-state index contributed by atoms with van der Waals surface area (Å²) >= 11 is 1.74. The molecule has 2 heterocycles. The highest BCUT2D eigenvalue weighted by Gasteiger charge is 2.22. The molecule has 1 atom stereocenters. The second kappa shape index (κ2) is 11.9. The van der Waals surface area contributed by atoms with Crippen LogP contribution in [0, 0.1) is 5.41 Å². The molecule has 9 nitrogen and oxygen atoms in total. The quantitative estimate of drug-likeness (QED) is 0.236. The van der Waals surface area contributed by atoms with Crippen LogP contribution in [0.4, 0.5) is 5.82 Å². The Morgan fingerprint density at radius 3 is 2.77 bits per heavy atom. The molecule has 4 N–H and O–H groups in total. The molecule has 1 fully saturated rings. The second-order valence-corrected chi connectivity index (χ2v) is 8.88. The monoisotopic (exact) mass is 514 g/mol. The Kier molecular flexibility index (Phi) is 8.89. The van der Waals surface area contributed by atoms with Crippen molar-refractivity contribution in [2.45, 2.75) is 19.4 Å². The SMILES string of the molecule is CCOC(=O)CC(Nc1ncnc2cc(C(=O)N3CCSC3)ccc12)c1cccc(C(=N)N)c1.Cl. The maximum Gasteiger partial charge on any atom is 0.308 e. The smallest absolute Gasteiger partial charge is 0.308 e. The van der Waals surface area contributed by atoms with Gasteiger partial charge in [-0.3, -0.25) is 15.0 Å². The summed E-state index contributed by atoms with van der Waals surface area (Å²) in [5.41, 5.74) is 8.20. The zero-order chi connectivity index (χ0) is 24.1. The van der Waals surface area contributed by atoms with Crippen molar-refractivity contribution in [1.82, 2.24) is 14.9 Å². The van der Waals surface area contributed by atoms with Crippen molar-refractivity contribution in [3.05, 3.63) is 65.5 Å². The van der Waals surface area contributed by atoms with Gasteiger partial charge in [-0.2, -0.15) is 0 Å². The average molecular weight is 515 g/mol. The Balaban J connectivity index is 0.00000342. The number of rotatable bonds is 8. The van der Waals surface area contributed by atoms with Crippen LogP contribution in [0.2, 0.25) is 0 Å². The maximum absolute atomic E-state index is 12.8. The first-order valence-corrected chi connectivity index (χ1v) is 12.1. The lowest BCUT2D eigenvalue weighted by Gasteiger charge is -2.21. The van der Waals surface area contributed by atoms with Gasteiger partial charge in [0.2, 0.25) is 0 Å². The van der Waals surface area contributed by atoms with Gasteiger partial charge in [-0.05, 0) is 36.8 Å². The van der Waals surface area contributed by atoms with Gasteiger partial charge < -0.3 is 20.7 Å². The van der Waals surface area contributed by atoms with Gasteiger partial charge in [0.05, 0.1) is 30.5 Å². The zero-order valence-electron chi connectivity index (χ0n) is 19.2. The first kappa shape index (κ1) is 26.2. The van der Waals surface area contributed by atoms with Crippen LogP contribution < -0.4 is 11.1 Å². The van der Waals surface area contributed by atoms with Gasteiger partial charge in [0.15, 0.2) is 0 Å². The number of hydrogen-bond acceptors (Lipinski definition) is 8. The number of aromatic nitrogens is 2. The molecule has 0 aliphatic carbocycles. The van der Waals surface area contributed by atoms with Gasteiger partial charge in [-0.1, -0.05) is 18.2 Å². The first-order chi connectivity index (χ1) is 16.5. The molecule has 184 valence electrons. The van der Waals surface area contributed by atoms with E-state index in [2.05, 4.69) is 15.3 Å². The lowest BCUT2D eigenvalue weighted by Crippen LogP contribution is -2.27. The minimum absolute atomic E-state index is 0. The lowest BCUT2D eigenvalue weighted by molar-refractivity contribution is -0.143. The van der Waals surface area contributed by atoms with E-state index in [-0.39, 0.29) is 43.1 Å². The van der Waals surface area contributed by atoms with E-state index in [9.17, 15) is 9.59 Å². The van der Waals surface area contributed by atoms with Crippen LogP contribution in [0.1, 0.15) is 40.9 Å². The number of nitrogens with two attached hydrogens (primary N) is 1.